The number of nitrogens with zero attached hydrogens (tertiary/aromatic N) is 2. The van der Waals surface area contributed by atoms with Crippen molar-refractivity contribution in [3.05, 3.63) is 95.6 Å². The third-order valence-electron chi connectivity index (χ3n) is 10.5. The third kappa shape index (κ3) is 4.18. The van der Waals surface area contributed by atoms with Crippen molar-refractivity contribution in [1.82, 2.24) is 0 Å². The predicted molar refractivity (Wildman–Crippen MR) is 169 cm³/mol. The molecule has 4 amide bonds. The van der Waals surface area contributed by atoms with Crippen LogP contribution in [0.4, 0.5) is 11.4 Å². The molecule has 1 saturated carbocycles. The van der Waals surface area contributed by atoms with Gasteiger partial charge in [0.2, 0.25) is 23.6 Å². The van der Waals surface area contributed by atoms with E-state index in [0.29, 0.717) is 24.4 Å². The number of amides is 4. The van der Waals surface area contributed by atoms with E-state index in [-0.39, 0.29) is 41.5 Å². The van der Waals surface area contributed by atoms with Gasteiger partial charge < -0.3 is 9.84 Å². The van der Waals surface area contributed by atoms with Crippen molar-refractivity contribution in [2.75, 3.05) is 16.4 Å². The Morgan fingerprint density at radius 1 is 0.844 bits per heavy atom. The van der Waals surface area contributed by atoms with Crippen molar-refractivity contribution in [1.29, 1.82) is 0 Å². The van der Waals surface area contributed by atoms with Crippen LogP contribution in [-0.4, -0.2) is 35.3 Å². The first-order chi connectivity index (χ1) is 21.7. The minimum Gasteiger partial charge on any atom is -0.504 e. The number of phenolic OH excluding ortho intramolecular Hbond substituents is 1. The smallest absolute Gasteiger partial charge is 0.241 e. The molecule has 2 aliphatic carbocycles. The second kappa shape index (κ2) is 10.7. The molecular weight excluding hydrogens is 568 g/mol. The first-order valence-corrected chi connectivity index (χ1v) is 15.8. The summed E-state index contributed by atoms with van der Waals surface area (Å²) in [4.78, 5) is 59.5. The maximum absolute atomic E-state index is 14.5. The fourth-order valence-electron chi connectivity index (χ4n) is 8.34. The van der Waals surface area contributed by atoms with Crippen LogP contribution in [0.5, 0.6) is 11.5 Å². The molecular formula is C37H36N2O6. The van der Waals surface area contributed by atoms with Gasteiger partial charge in [0, 0.05) is 5.92 Å². The summed E-state index contributed by atoms with van der Waals surface area (Å²) in [5, 5.41) is 10.5. The Hall–Kier alpha value is -4.72. The summed E-state index contributed by atoms with van der Waals surface area (Å²) in [7, 11) is 0. The van der Waals surface area contributed by atoms with Gasteiger partial charge in [-0.25, -0.2) is 4.90 Å². The summed E-state index contributed by atoms with van der Waals surface area (Å²) in [5.74, 6) is -3.72. The molecule has 0 radical (unpaired) electrons. The highest BCUT2D eigenvalue weighted by atomic mass is 16.5. The van der Waals surface area contributed by atoms with Gasteiger partial charge in [0.1, 0.15) is 0 Å². The highest BCUT2D eigenvalue weighted by Gasteiger charge is 2.67. The number of hydrogen-bond donors (Lipinski definition) is 1. The Balaban J connectivity index is 1.36. The van der Waals surface area contributed by atoms with Gasteiger partial charge in [0.05, 0.1) is 41.2 Å². The number of allylic oxidation sites excluding steroid dienone is 2. The molecule has 2 heterocycles. The lowest BCUT2D eigenvalue weighted by molar-refractivity contribution is -0.131. The van der Waals surface area contributed by atoms with Crippen LogP contribution in [0, 0.1) is 29.1 Å². The lowest BCUT2D eigenvalue weighted by atomic mass is 9.51. The molecule has 3 aromatic carbocycles. The molecule has 6 atom stereocenters. The number of para-hydroxylation sites is 1. The monoisotopic (exact) mass is 604 g/mol. The molecule has 0 aromatic heterocycles. The Bertz CT molecular complexity index is 1750. The highest BCUT2D eigenvalue weighted by molar-refractivity contribution is 6.25. The minimum atomic E-state index is -1.16. The molecule has 1 N–H and O–H groups in total. The van der Waals surface area contributed by atoms with Gasteiger partial charge in [-0.05, 0) is 86.6 Å². The molecule has 8 nitrogen and oxygen atoms in total. The SMILES string of the molecule is CCOc1cc([C@H]2C3=CC[C@@H]4C(=O)N(c5ccc(CC)cc5)C(=O)[C@@H]4[C@@H]3C[C@H]3C(=O)N(c4ccccc4)C(=O)[C@@]23C)ccc1O. The van der Waals surface area contributed by atoms with E-state index in [4.69, 9.17) is 4.74 Å². The number of rotatable bonds is 6. The molecule has 3 fully saturated rings. The van der Waals surface area contributed by atoms with Crippen LogP contribution in [0.3, 0.4) is 0 Å². The van der Waals surface area contributed by atoms with Crippen LogP contribution in [-0.2, 0) is 25.6 Å². The molecule has 0 bridgehead atoms. The average molecular weight is 605 g/mol. The number of fused-ring (bicyclic) bond motifs is 4. The fourth-order valence-corrected chi connectivity index (χ4v) is 8.34. The Kier molecular flexibility index (Phi) is 6.91. The molecule has 45 heavy (non-hydrogen) atoms. The second-order valence-electron chi connectivity index (χ2n) is 12.7. The maximum atomic E-state index is 14.5. The van der Waals surface area contributed by atoms with Gasteiger partial charge in [0.25, 0.3) is 0 Å². The molecule has 0 spiro atoms. The molecule has 4 aliphatic rings. The summed E-state index contributed by atoms with van der Waals surface area (Å²) in [6, 6.07) is 21.5. The topological polar surface area (TPSA) is 104 Å². The number of phenols is 1. The summed E-state index contributed by atoms with van der Waals surface area (Å²) >= 11 is 0. The van der Waals surface area contributed by atoms with E-state index in [1.165, 1.54) is 9.80 Å². The van der Waals surface area contributed by atoms with Crippen molar-refractivity contribution in [3.63, 3.8) is 0 Å². The van der Waals surface area contributed by atoms with Gasteiger partial charge >= 0.3 is 0 Å². The minimum absolute atomic E-state index is 0.0200. The quantitative estimate of drug-likeness (QED) is 0.282. The maximum Gasteiger partial charge on any atom is 0.241 e. The standard InChI is InChI=1S/C37H36N2O6/c1-4-21-11-14-24(15-12-21)38-33(41)26-17-16-25-27(31(26)35(38)43)20-28-34(42)39(23-9-7-6-8-10-23)36(44)37(28,3)32(25)22-13-18-29(40)30(19-22)45-5-2/h6-16,18-19,26-28,31-32,40H,4-5,17,20H2,1-3H3/t26-,27+,28-,31-,32-,37+/m0/s1. The lowest BCUT2D eigenvalue weighted by Crippen LogP contribution is -2.48. The lowest BCUT2D eigenvalue weighted by Gasteiger charge is -2.49. The van der Waals surface area contributed by atoms with E-state index in [1.54, 1.807) is 42.5 Å². The van der Waals surface area contributed by atoms with Crippen LogP contribution in [0.25, 0.3) is 0 Å². The number of anilines is 2. The number of hydrogen-bond acceptors (Lipinski definition) is 6. The Morgan fingerprint density at radius 3 is 2.24 bits per heavy atom. The van der Waals surface area contributed by atoms with Crippen LogP contribution in [0.1, 0.15) is 50.7 Å². The Morgan fingerprint density at radius 2 is 1.56 bits per heavy atom. The molecule has 230 valence electrons. The number of imide groups is 2. The largest absolute Gasteiger partial charge is 0.504 e. The average Bonchev–Trinajstić information content (AvgIpc) is 3.42. The zero-order valence-corrected chi connectivity index (χ0v) is 25.6. The normalized spacial score (nSPS) is 29.0. The van der Waals surface area contributed by atoms with Gasteiger partial charge in [-0.15, -0.1) is 0 Å². The predicted octanol–water partition coefficient (Wildman–Crippen LogP) is 5.79. The number of benzene rings is 3. The number of carbonyl (C=O) groups excluding carboxylic acids is 4. The number of ether oxygens (including phenoxy) is 1. The van der Waals surface area contributed by atoms with Crippen molar-refractivity contribution in [2.24, 2.45) is 29.1 Å². The molecule has 2 saturated heterocycles. The molecule has 7 rings (SSSR count). The van der Waals surface area contributed by atoms with E-state index in [9.17, 15) is 24.3 Å². The summed E-state index contributed by atoms with van der Waals surface area (Å²) in [5.41, 5.74) is 2.62. The van der Waals surface area contributed by atoms with Crippen molar-refractivity contribution in [2.45, 2.75) is 46.0 Å². The van der Waals surface area contributed by atoms with Gasteiger partial charge in [-0.3, -0.25) is 24.1 Å². The third-order valence-corrected chi connectivity index (χ3v) is 10.5. The Labute approximate surface area is 262 Å². The number of carbonyl (C=O) groups is 4. The van der Waals surface area contributed by atoms with Crippen molar-refractivity contribution >= 4 is 35.0 Å². The fraction of sp³-hybridized carbons (Fsp3) is 0.351. The second-order valence-corrected chi connectivity index (χ2v) is 12.7. The molecule has 2 aliphatic heterocycles. The summed E-state index contributed by atoms with van der Waals surface area (Å²) in [6.07, 6.45) is 3.52. The van der Waals surface area contributed by atoms with Crippen LogP contribution in [0.2, 0.25) is 0 Å². The first-order valence-electron chi connectivity index (χ1n) is 15.8. The van der Waals surface area contributed by atoms with E-state index in [1.807, 2.05) is 50.3 Å². The van der Waals surface area contributed by atoms with Crippen molar-refractivity contribution < 1.29 is 29.0 Å². The van der Waals surface area contributed by atoms with Crippen LogP contribution in [0.15, 0.2) is 84.4 Å². The molecule has 0 unspecified atom stereocenters. The zero-order valence-electron chi connectivity index (χ0n) is 25.6. The van der Waals surface area contributed by atoms with Crippen molar-refractivity contribution in [3.8, 4) is 11.5 Å². The van der Waals surface area contributed by atoms with Crippen LogP contribution >= 0.6 is 0 Å². The first kappa shape index (κ1) is 29.0. The van der Waals surface area contributed by atoms with Gasteiger partial charge in [-0.2, -0.15) is 0 Å². The van der Waals surface area contributed by atoms with Gasteiger partial charge in [0.15, 0.2) is 11.5 Å². The molecule has 8 heteroatoms. The van der Waals surface area contributed by atoms with E-state index < -0.39 is 35.0 Å². The van der Waals surface area contributed by atoms with Gasteiger partial charge in [-0.1, -0.05) is 55.0 Å². The zero-order chi connectivity index (χ0) is 31.6. The van der Waals surface area contributed by atoms with Crippen LogP contribution < -0.4 is 14.5 Å². The van der Waals surface area contributed by atoms with E-state index in [2.05, 4.69) is 6.92 Å². The van der Waals surface area contributed by atoms with E-state index >= 15 is 0 Å². The summed E-state index contributed by atoms with van der Waals surface area (Å²) in [6.45, 7) is 6.06. The van der Waals surface area contributed by atoms with E-state index in [0.717, 1.165) is 23.1 Å². The summed E-state index contributed by atoms with van der Waals surface area (Å²) < 4.78 is 5.73. The number of aromatic hydroxyl groups is 1. The molecule has 3 aromatic rings. The number of aryl methyl sites for hydroxylation is 1. The highest BCUT2D eigenvalue weighted by Crippen LogP contribution is 2.64.